The van der Waals surface area contributed by atoms with Gasteiger partial charge in [-0.05, 0) is 19.3 Å². The molecule has 0 aromatic heterocycles. The van der Waals surface area contributed by atoms with Gasteiger partial charge in [-0.25, -0.2) is 0 Å². The largest absolute Gasteiger partial charge is 0.386 e. The summed E-state index contributed by atoms with van der Waals surface area (Å²) in [6, 6.07) is 0. The highest BCUT2D eigenvalue weighted by atomic mass is 16.3. The molecule has 0 aromatic carbocycles. The van der Waals surface area contributed by atoms with Crippen molar-refractivity contribution in [3.8, 4) is 0 Å². The Kier molecular flexibility index (Phi) is 2.67. The highest BCUT2D eigenvalue weighted by Crippen LogP contribution is 2.17. The Morgan fingerprint density at radius 1 is 0.900 bits per heavy atom. The van der Waals surface area contributed by atoms with Gasteiger partial charge in [0.25, 0.3) is 0 Å². The lowest BCUT2D eigenvalue weighted by Crippen LogP contribution is -2.15. The third-order valence-corrected chi connectivity index (χ3v) is 0.991. The van der Waals surface area contributed by atoms with E-state index in [2.05, 4.69) is 20.8 Å². The number of aliphatic hydroxyl groups is 1. The minimum atomic E-state index is -0.673. The molecule has 0 aliphatic rings. The zero-order chi connectivity index (χ0) is 8.41. The van der Waals surface area contributed by atoms with E-state index >= 15 is 0 Å². The van der Waals surface area contributed by atoms with Gasteiger partial charge in [-0.1, -0.05) is 32.9 Å². The third-order valence-electron chi connectivity index (χ3n) is 0.991. The van der Waals surface area contributed by atoms with Crippen molar-refractivity contribution < 1.29 is 5.11 Å². The van der Waals surface area contributed by atoms with Crippen molar-refractivity contribution in [2.24, 2.45) is 5.41 Å². The number of hydrogen-bond donors (Lipinski definition) is 1. The molecule has 1 heteroatoms. The first-order valence-corrected chi connectivity index (χ1v) is 3.63. The number of allylic oxidation sites excluding steroid dienone is 1. The van der Waals surface area contributed by atoms with Crippen LogP contribution in [-0.4, -0.2) is 10.7 Å². The van der Waals surface area contributed by atoms with E-state index in [1.165, 1.54) is 0 Å². The van der Waals surface area contributed by atoms with Crippen LogP contribution in [0.3, 0.4) is 0 Å². The first kappa shape index (κ1) is 9.70. The molecule has 0 bridgehead atoms. The highest BCUT2D eigenvalue weighted by Gasteiger charge is 2.10. The van der Waals surface area contributed by atoms with Crippen LogP contribution in [0.1, 0.15) is 34.6 Å². The van der Waals surface area contributed by atoms with E-state index in [0.29, 0.717) is 0 Å². The molecule has 0 saturated carbocycles. The van der Waals surface area contributed by atoms with Gasteiger partial charge in [0.15, 0.2) is 0 Å². The van der Waals surface area contributed by atoms with Crippen LogP contribution in [0.15, 0.2) is 12.2 Å². The van der Waals surface area contributed by atoms with Crippen LogP contribution in [0.2, 0.25) is 0 Å². The molecule has 1 N–H and O–H groups in total. The summed E-state index contributed by atoms with van der Waals surface area (Å²) in [4.78, 5) is 0. The number of rotatable bonds is 1. The maximum atomic E-state index is 9.29. The normalized spacial score (nSPS) is 14.6. The Bertz CT molecular complexity index is 105. The lowest BCUT2D eigenvalue weighted by Gasteiger charge is -2.16. The maximum absolute atomic E-state index is 9.29. The van der Waals surface area contributed by atoms with Crippen molar-refractivity contribution in [1.29, 1.82) is 0 Å². The molecule has 60 valence electrons. The van der Waals surface area contributed by atoms with Crippen LogP contribution in [-0.2, 0) is 0 Å². The van der Waals surface area contributed by atoms with Crippen molar-refractivity contribution in [1.82, 2.24) is 0 Å². The van der Waals surface area contributed by atoms with Gasteiger partial charge in [-0.2, -0.15) is 0 Å². The summed E-state index contributed by atoms with van der Waals surface area (Å²) in [6.07, 6.45) is 3.85. The predicted molar refractivity (Wildman–Crippen MR) is 44.9 cm³/mol. The summed E-state index contributed by atoms with van der Waals surface area (Å²) in [6.45, 7) is 9.87. The zero-order valence-electron chi connectivity index (χ0n) is 7.60. The maximum Gasteiger partial charge on any atom is 0.0771 e. The molecule has 0 rings (SSSR count). The minimum Gasteiger partial charge on any atom is -0.386 e. The Morgan fingerprint density at radius 3 is 1.40 bits per heavy atom. The van der Waals surface area contributed by atoms with Gasteiger partial charge in [0.1, 0.15) is 0 Å². The van der Waals surface area contributed by atoms with Gasteiger partial charge in [-0.15, -0.1) is 0 Å². The standard InChI is InChI=1S/C9H18O/c1-8(2,3)6-7-9(4,5)10/h6-7,10H,1-5H3/b7-6+. The molecular formula is C9H18O. The molecule has 0 spiro atoms. The summed E-state index contributed by atoms with van der Waals surface area (Å²) in [5, 5.41) is 9.29. The molecular weight excluding hydrogens is 124 g/mol. The van der Waals surface area contributed by atoms with Crippen LogP contribution < -0.4 is 0 Å². The van der Waals surface area contributed by atoms with Crippen LogP contribution >= 0.6 is 0 Å². The van der Waals surface area contributed by atoms with E-state index in [9.17, 15) is 5.11 Å². The fourth-order valence-electron chi connectivity index (χ4n) is 0.454. The van der Waals surface area contributed by atoms with Crippen molar-refractivity contribution in [2.45, 2.75) is 40.2 Å². The summed E-state index contributed by atoms with van der Waals surface area (Å²) >= 11 is 0. The Balaban J connectivity index is 4.01. The van der Waals surface area contributed by atoms with Crippen molar-refractivity contribution in [2.75, 3.05) is 0 Å². The average Bonchev–Trinajstić information content (AvgIpc) is 1.57. The van der Waals surface area contributed by atoms with Crippen molar-refractivity contribution in [3.05, 3.63) is 12.2 Å². The third kappa shape index (κ3) is 7.70. The van der Waals surface area contributed by atoms with E-state index in [1.807, 2.05) is 12.2 Å². The molecule has 0 radical (unpaired) electrons. The summed E-state index contributed by atoms with van der Waals surface area (Å²) in [5.74, 6) is 0. The fraction of sp³-hybridized carbons (Fsp3) is 0.778. The van der Waals surface area contributed by atoms with E-state index in [0.717, 1.165) is 0 Å². The molecule has 0 saturated heterocycles. The van der Waals surface area contributed by atoms with Gasteiger partial charge >= 0.3 is 0 Å². The smallest absolute Gasteiger partial charge is 0.0771 e. The molecule has 0 aromatic rings. The van der Waals surface area contributed by atoms with Gasteiger partial charge in [0, 0.05) is 0 Å². The number of hydrogen-bond acceptors (Lipinski definition) is 1. The monoisotopic (exact) mass is 142 g/mol. The van der Waals surface area contributed by atoms with E-state index < -0.39 is 5.60 Å². The molecule has 10 heavy (non-hydrogen) atoms. The Morgan fingerprint density at radius 2 is 1.30 bits per heavy atom. The molecule has 0 amide bonds. The quantitative estimate of drug-likeness (QED) is 0.557. The summed E-state index contributed by atoms with van der Waals surface area (Å²) in [5.41, 5.74) is -0.507. The molecule has 0 fully saturated rings. The van der Waals surface area contributed by atoms with Gasteiger partial charge in [0.05, 0.1) is 5.60 Å². The topological polar surface area (TPSA) is 20.2 Å². The Labute approximate surface area is 63.8 Å². The molecule has 0 aliphatic carbocycles. The second kappa shape index (κ2) is 2.75. The fourth-order valence-corrected chi connectivity index (χ4v) is 0.454. The van der Waals surface area contributed by atoms with E-state index in [-0.39, 0.29) is 5.41 Å². The van der Waals surface area contributed by atoms with Crippen molar-refractivity contribution >= 4 is 0 Å². The van der Waals surface area contributed by atoms with Crippen LogP contribution in [0.5, 0.6) is 0 Å². The lowest BCUT2D eigenvalue weighted by molar-refractivity contribution is 0.132. The molecule has 0 unspecified atom stereocenters. The molecule has 0 aliphatic heterocycles. The second-order valence-corrected chi connectivity index (χ2v) is 4.35. The first-order chi connectivity index (χ1) is 4.21. The van der Waals surface area contributed by atoms with Crippen LogP contribution in [0, 0.1) is 5.41 Å². The molecule has 0 atom stereocenters. The Hall–Kier alpha value is -0.300. The van der Waals surface area contributed by atoms with Gasteiger partial charge < -0.3 is 5.11 Å². The second-order valence-electron chi connectivity index (χ2n) is 4.35. The minimum absolute atomic E-state index is 0.167. The predicted octanol–water partition coefficient (Wildman–Crippen LogP) is 2.36. The van der Waals surface area contributed by atoms with Crippen LogP contribution in [0.25, 0.3) is 0 Å². The van der Waals surface area contributed by atoms with Crippen molar-refractivity contribution in [3.63, 3.8) is 0 Å². The van der Waals surface area contributed by atoms with E-state index in [4.69, 9.17) is 0 Å². The van der Waals surface area contributed by atoms with Gasteiger partial charge in [0.2, 0.25) is 0 Å². The zero-order valence-corrected chi connectivity index (χ0v) is 7.60. The SMILES string of the molecule is CC(C)(C)/C=C/C(C)(C)O. The highest BCUT2D eigenvalue weighted by molar-refractivity contribution is 5.00. The first-order valence-electron chi connectivity index (χ1n) is 3.63. The lowest BCUT2D eigenvalue weighted by atomic mass is 9.94. The molecule has 0 heterocycles. The van der Waals surface area contributed by atoms with E-state index in [1.54, 1.807) is 13.8 Å². The van der Waals surface area contributed by atoms with Gasteiger partial charge in [-0.3, -0.25) is 0 Å². The summed E-state index contributed by atoms with van der Waals surface area (Å²) in [7, 11) is 0. The van der Waals surface area contributed by atoms with Crippen LogP contribution in [0.4, 0.5) is 0 Å². The molecule has 1 nitrogen and oxygen atoms in total. The average molecular weight is 142 g/mol. The summed E-state index contributed by atoms with van der Waals surface area (Å²) < 4.78 is 0.